The summed E-state index contributed by atoms with van der Waals surface area (Å²) in [4.78, 5) is 30.6. The van der Waals surface area contributed by atoms with Gasteiger partial charge in [-0.05, 0) is 31.4 Å². The number of fused-ring (bicyclic) bond motifs is 1. The van der Waals surface area contributed by atoms with Gasteiger partial charge in [0.1, 0.15) is 0 Å². The molecule has 0 unspecified atom stereocenters. The molecule has 1 aliphatic heterocycles. The quantitative estimate of drug-likeness (QED) is 0.923. The fourth-order valence-electron chi connectivity index (χ4n) is 3.24. The SMILES string of the molecule is CCCC(=O)N1CCC(O)(Cn2cnc3ccccc3c2=O)CC1. The Morgan fingerprint density at radius 2 is 2.00 bits per heavy atom. The van der Waals surface area contributed by atoms with Crippen molar-refractivity contribution in [3.05, 3.63) is 40.9 Å². The van der Waals surface area contributed by atoms with E-state index in [9.17, 15) is 14.7 Å². The van der Waals surface area contributed by atoms with Crippen molar-refractivity contribution in [2.24, 2.45) is 0 Å². The Morgan fingerprint density at radius 1 is 1.29 bits per heavy atom. The van der Waals surface area contributed by atoms with E-state index in [1.807, 2.05) is 19.1 Å². The van der Waals surface area contributed by atoms with Gasteiger partial charge in [0.15, 0.2) is 0 Å². The third-order valence-electron chi connectivity index (χ3n) is 4.71. The highest BCUT2D eigenvalue weighted by molar-refractivity contribution is 5.77. The highest BCUT2D eigenvalue weighted by Gasteiger charge is 2.34. The Hall–Kier alpha value is -2.21. The first-order valence-corrected chi connectivity index (χ1v) is 8.47. The summed E-state index contributed by atoms with van der Waals surface area (Å²) in [6, 6.07) is 7.20. The van der Waals surface area contributed by atoms with Gasteiger partial charge in [0.25, 0.3) is 5.56 Å². The summed E-state index contributed by atoms with van der Waals surface area (Å²) in [6.07, 6.45) is 3.82. The van der Waals surface area contributed by atoms with Crippen LogP contribution in [0.15, 0.2) is 35.4 Å². The molecule has 6 nitrogen and oxygen atoms in total. The van der Waals surface area contributed by atoms with Crippen molar-refractivity contribution in [3.63, 3.8) is 0 Å². The zero-order valence-corrected chi connectivity index (χ0v) is 13.9. The van der Waals surface area contributed by atoms with Crippen molar-refractivity contribution in [1.29, 1.82) is 0 Å². The second-order valence-electron chi connectivity index (χ2n) is 6.55. The molecule has 1 saturated heterocycles. The number of carbonyl (C=O) groups is 1. The molecule has 0 radical (unpaired) electrons. The fraction of sp³-hybridized carbons (Fsp3) is 0.500. The van der Waals surface area contributed by atoms with Crippen molar-refractivity contribution in [2.75, 3.05) is 13.1 Å². The average Bonchev–Trinajstić information content (AvgIpc) is 2.58. The third kappa shape index (κ3) is 3.33. The number of benzene rings is 1. The van der Waals surface area contributed by atoms with E-state index in [1.54, 1.807) is 17.0 Å². The smallest absolute Gasteiger partial charge is 0.261 e. The minimum atomic E-state index is -0.975. The van der Waals surface area contributed by atoms with Crippen LogP contribution in [-0.4, -0.2) is 44.2 Å². The molecular weight excluding hydrogens is 306 g/mol. The number of hydrogen-bond acceptors (Lipinski definition) is 4. The number of piperidine rings is 1. The molecule has 0 bridgehead atoms. The molecule has 0 spiro atoms. The van der Waals surface area contributed by atoms with E-state index < -0.39 is 5.60 Å². The van der Waals surface area contributed by atoms with Crippen molar-refractivity contribution in [2.45, 2.75) is 44.8 Å². The molecule has 2 heterocycles. The van der Waals surface area contributed by atoms with Crippen LogP contribution in [0.25, 0.3) is 10.9 Å². The lowest BCUT2D eigenvalue weighted by atomic mass is 9.91. The maximum absolute atomic E-state index is 12.5. The van der Waals surface area contributed by atoms with E-state index in [2.05, 4.69) is 4.98 Å². The number of amides is 1. The summed E-state index contributed by atoms with van der Waals surface area (Å²) < 4.78 is 1.48. The number of aliphatic hydroxyl groups is 1. The van der Waals surface area contributed by atoms with Crippen LogP contribution in [0.4, 0.5) is 0 Å². The monoisotopic (exact) mass is 329 g/mol. The van der Waals surface area contributed by atoms with Crippen LogP contribution in [0, 0.1) is 0 Å². The molecule has 1 aromatic heterocycles. The number of carbonyl (C=O) groups excluding carboxylic acids is 1. The molecule has 1 fully saturated rings. The zero-order chi connectivity index (χ0) is 17.2. The van der Waals surface area contributed by atoms with E-state index >= 15 is 0 Å². The van der Waals surface area contributed by atoms with E-state index in [0.29, 0.717) is 43.3 Å². The topological polar surface area (TPSA) is 75.4 Å². The highest BCUT2D eigenvalue weighted by atomic mass is 16.3. The molecule has 1 aromatic carbocycles. The van der Waals surface area contributed by atoms with Gasteiger partial charge in [0.05, 0.1) is 29.4 Å². The summed E-state index contributed by atoms with van der Waals surface area (Å²) in [7, 11) is 0. The summed E-state index contributed by atoms with van der Waals surface area (Å²) in [6.45, 7) is 3.26. The summed E-state index contributed by atoms with van der Waals surface area (Å²) in [5, 5.41) is 11.4. The summed E-state index contributed by atoms with van der Waals surface area (Å²) in [5.41, 5.74) is -0.457. The molecule has 2 aromatic rings. The molecule has 0 saturated carbocycles. The number of para-hydroxylation sites is 1. The highest BCUT2D eigenvalue weighted by Crippen LogP contribution is 2.24. The van der Waals surface area contributed by atoms with Gasteiger partial charge in [0, 0.05) is 19.5 Å². The minimum absolute atomic E-state index is 0.140. The molecule has 3 rings (SSSR count). The molecule has 1 amide bonds. The van der Waals surface area contributed by atoms with Crippen LogP contribution < -0.4 is 5.56 Å². The van der Waals surface area contributed by atoms with Crippen molar-refractivity contribution < 1.29 is 9.90 Å². The maximum Gasteiger partial charge on any atom is 0.261 e. The maximum atomic E-state index is 12.5. The predicted octanol–water partition coefficient (Wildman–Crippen LogP) is 1.55. The normalized spacial score (nSPS) is 17.2. The molecule has 0 atom stereocenters. The molecule has 128 valence electrons. The average molecular weight is 329 g/mol. The molecule has 24 heavy (non-hydrogen) atoms. The van der Waals surface area contributed by atoms with Crippen molar-refractivity contribution in [3.8, 4) is 0 Å². The third-order valence-corrected chi connectivity index (χ3v) is 4.71. The number of rotatable bonds is 4. The number of nitrogens with zero attached hydrogens (tertiary/aromatic N) is 3. The van der Waals surface area contributed by atoms with Crippen molar-refractivity contribution >= 4 is 16.8 Å². The van der Waals surface area contributed by atoms with Crippen LogP contribution in [0.2, 0.25) is 0 Å². The van der Waals surface area contributed by atoms with Gasteiger partial charge in [0.2, 0.25) is 5.91 Å². The molecule has 6 heteroatoms. The lowest BCUT2D eigenvalue weighted by Crippen LogP contribution is -2.49. The van der Waals surface area contributed by atoms with Crippen LogP contribution in [0.3, 0.4) is 0 Å². The number of aromatic nitrogens is 2. The van der Waals surface area contributed by atoms with Gasteiger partial charge in [-0.1, -0.05) is 19.1 Å². The molecule has 1 N–H and O–H groups in total. The van der Waals surface area contributed by atoms with Crippen LogP contribution in [0.5, 0.6) is 0 Å². The van der Waals surface area contributed by atoms with Gasteiger partial charge in [-0.2, -0.15) is 0 Å². The largest absolute Gasteiger partial charge is 0.388 e. The second-order valence-corrected chi connectivity index (χ2v) is 6.55. The molecule has 0 aliphatic carbocycles. The Kier molecular flexibility index (Phi) is 4.66. The van der Waals surface area contributed by atoms with E-state index in [4.69, 9.17) is 0 Å². The van der Waals surface area contributed by atoms with E-state index in [-0.39, 0.29) is 18.0 Å². The Labute approximate surface area is 140 Å². The fourth-order valence-corrected chi connectivity index (χ4v) is 3.24. The van der Waals surface area contributed by atoms with Crippen LogP contribution in [-0.2, 0) is 11.3 Å². The Morgan fingerprint density at radius 3 is 2.71 bits per heavy atom. The molecule has 1 aliphatic rings. The lowest BCUT2D eigenvalue weighted by molar-refractivity contribution is -0.135. The van der Waals surface area contributed by atoms with Gasteiger partial charge < -0.3 is 10.0 Å². The first-order chi connectivity index (χ1) is 11.5. The standard InChI is InChI=1S/C18H23N3O3/c1-2-5-16(22)20-10-8-18(24,9-11-20)12-21-13-19-15-7-4-3-6-14(15)17(21)23/h3-4,6-7,13,24H,2,5,8-12H2,1H3. The summed E-state index contributed by atoms with van der Waals surface area (Å²) in [5.74, 6) is 0.143. The van der Waals surface area contributed by atoms with Crippen molar-refractivity contribution in [1.82, 2.24) is 14.5 Å². The van der Waals surface area contributed by atoms with Gasteiger partial charge >= 0.3 is 0 Å². The zero-order valence-electron chi connectivity index (χ0n) is 13.9. The predicted molar refractivity (Wildman–Crippen MR) is 91.7 cm³/mol. The summed E-state index contributed by atoms with van der Waals surface area (Å²) >= 11 is 0. The van der Waals surface area contributed by atoms with E-state index in [1.165, 1.54) is 10.9 Å². The van der Waals surface area contributed by atoms with Gasteiger partial charge in [-0.3, -0.25) is 14.2 Å². The van der Waals surface area contributed by atoms with Crippen LogP contribution >= 0.6 is 0 Å². The van der Waals surface area contributed by atoms with Gasteiger partial charge in [-0.25, -0.2) is 4.98 Å². The minimum Gasteiger partial charge on any atom is -0.388 e. The first-order valence-electron chi connectivity index (χ1n) is 8.47. The Bertz CT molecular complexity index is 791. The van der Waals surface area contributed by atoms with Crippen LogP contribution in [0.1, 0.15) is 32.6 Å². The van der Waals surface area contributed by atoms with E-state index in [0.717, 1.165) is 6.42 Å². The lowest BCUT2D eigenvalue weighted by Gasteiger charge is -2.38. The number of likely N-dealkylation sites (tertiary alicyclic amines) is 1. The first kappa shape index (κ1) is 16.6. The Balaban J connectivity index is 1.74. The molecular formula is C18H23N3O3. The second kappa shape index (κ2) is 6.73. The van der Waals surface area contributed by atoms with Gasteiger partial charge in [-0.15, -0.1) is 0 Å². The number of hydrogen-bond donors (Lipinski definition) is 1.